The van der Waals surface area contributed by atoms with Crippen LogP contribution in [0.1, 0.15) is 32.8 Å². The maximum Gasteiger partial charge on any atom is 0.407 e. The number of nitrogens with two attached hydrogens (primary N) is 1. The number of benzene rings is 1. The monoisotopic (exact) mass is 278 g/mol. The molecule has 0 aromatic heterocycles. The van der Waals surface area contributed by atoms with Gasteiger partial charge in [0.1, 0.15) is 5.60 Å². The highest BCUT2D eigenvalue weighted by molar-refractivity contribution is 5.67. The summed E-state index contributed by atoms with van der Waals surface area (Å²) in [6, 6.07) is 10.3. The molecule has 0 saturated heterocycles. The van der Waals surface area contributed by atoms with Crippen LogP contribution in [0.5, 0.6) is 0 Å². The lowest BCUT2D eigenvalue weighted by Gasteiger charge is -2.21. The van der Waals surface area contributed by atoms with Crippen LogP contribution >= 0.6 is 0 Å². The van der Waals surface area contributed by atoms with E-state index >= 15 is 0 Å². The van der Waals surface area contributed by atoms with Gasteiger partial charge in [-0.2, -0.15) is 0 Å². The van der Waals surface area contributed by atoms with Gasteiger partial charge in [0, 0.05) is 6.54 Å². The number of aryl methyl sites for hydroxylation is 1. The van der Waals surface area contributed by atoms with Crippen molar-refractivity contribution in [1.29, 1.82) is 0 Å². The topological polar surface area (TPSA) is 64.3 Å². The minimum atomic E-state index is -0.466. The first-order chi connectivity index (χ1) is 9.40. The Bertz CT molecular complexity index is 399. The van der Waals surface area contributed by atoms with Crippen molar-refractivity contribution in [1.82, 2.24) is 5.32 Å². The highest BCUT2D eigenvalue weighted by Crippen LogP contribution is 2.10. The predicted molar refractivity (Wildman–Crippen MR) is 81.5 cm³/mol. The van der Waals surface area contributed by atoms with E-state index in [0.29, 0.717) is 13.1 Å². The zero-order valence-electron chi connectivity index (χ0n) is 12.7. The second-order valence-electron chi connectivity index (χ2n) is 6.01. The summed E-state index contributed by atoms with van der Waals surface area (Å²) in [5, 5.41) is 2.79. The molecule has 1 amide bonds. The molecule has 0 fully saturated rings. The Morgan fingerprint density at radius 2 is 1.95 bits per heavy atom. The molecular weight excluding hydrogens is 252 g/mol. The summed E-state index contributed by atoms with van der Waals surface area (Å²) in [6.07, 6.45) is 1.55. The van der Waals surface area contributed by atoms with Crippen molar-refractivity contribution in [2.24, 2.45) is 11.7 Å². The molecule has 4 nitrogen and oxygen atoms in total. The molecule has 3 N–H and O–H groups in total. The number of carbonyl (C=O) groups is 1. The zero-order valence-corrected chi connectivity index (χ0v) is 12.7. The number of hydrogen-bond acceptors (Lipinski definition) is 3. The van der Waals surface area contributed by atoms with Crippen molar-refractivity contribution in [2.45, 2.75) is 39.2 Å². The van der Waals surface area contributed by atoms with Crippen molar-refractivity contribution >= 4 is 6.09 Å². The third-order valence-electron chi connectivity index (χ3n) is 2.95. The number of hydrogen-bond donors (Lipinski definition) is 2. The fourth-order valence-corrected chi connectivity index (χ4v) is 1.86. The van der Waals surface area contributed by atoms with Gasteiger partial charge in [0.15, 0.2) is 0 Å². The Kier molecular flexibility index (Phi) is 6.52. The van der Waals surface area contributed by atoms with E-state index in [9.17, 15) is 4.79 Å². The third kappa shape index (κ3) is 7.14. The van der Waals surface area contributed by atoms with Crippen LogP contribution in [-0.2, 0) is 11.2 Å². The zero-order chi connectivity index (χ0) is 15.0. The Morgan fingerprint density at radius 3 is 2.50 bits per heavy atom. The molecule has 1 aromatic rings. The van der Waals surface area contributed by atoms with Crippen LogP contribution in [0, 0.1) is 5.92 Å². The second-order valence-corrected chi connectivity index (χ2v) is 6.01. The van der Waals surface area contributed by atoms with E-state index in [4.69, 9.17) is 10.5 Å². The van der Waals surface area contributed by atoms with Crippen LogP contribution < -0.4 is 11.1 Å². The molecule has 1 aromatic carbocycles. The van der Waals surface area contributed by atoms with Crippen molar-refractivity contribution in [2.75, 3.05) is 13.1 Å². The summed E-state index contributed by atoms with van der Waals surface area (Å²) >= 11 is 0. The Hall–Kier alpha value is -1.55. The number of nitrogens with one attached hydrogen (secondary N) is 1. The molecule has 0 aliphatic rings. The molecule has 0 spiro atoms. The molecule has 20 heavy (non-hydrogen) atoms. The number of alkyl carbamates (subject to hydrolysis) is 1. The van der Waals surface area contributed by atoms with Crippen LogP contribution in [0.3, 0.4) is 0 Å². The maximum absolute atomic E-state index is 11.6. The summed E-state index contributed by atoms with van der Waals surface area (Å²) in [6.45, 7) is 6.66. The molecule has 4 heteroatoms. The van der Waals surface area contributed by atoms with E-state index in [1.54, 1.807) is 0 Å². The van der Waals surface area contributed by atoms with Crippen LogP contribution in [0.15, 0.2) is 30.3 Å². The van der Waals surface area contributed by atoms with Gasteiger partial charge in [-0.25, -0.2) is 4.79 Å². The molecule has 0 bridgehead atoms. The molecule has 0 radical (unpaired) electrons. The fourth-order valence-electron chi connectivity index (χ4n) is 1.86. The van der Waals surface area contributed by atoms with E-state index in [0.717, 1.165) is 12.8 Å². The molecular formula is C16H26N2O2. The number of ether oxygens (including phenoxy) is 1. The number of rotatable bonds is 6. The van der Waals surface area contributed by atoms with Gasteiger partial charge in [-0.15, -0.1) is 0 Å². The highest BCUT2D eigenvalue weighted by Gasteiger charge is 2.17. The van der Waals surface area contributed by atoms with Gasteiger partial charge in [0.2, 0.25) is 0 Å². The molecule has 1 unspecified atom stereocenters. The first kappa shape index (κ1) is 16.5. The summed E-state index contributed by atoms with van der Waals surface area (Å²) in [7, 11) is 0. The standard InChI is InChI=1S/C16H26N2O2/c1-16(2,3)20-15(19)18-12-14(11-17)10-9-13-7-5-4-6-8-13/h4-8,14H,9-12,17H2,1-3H3,(H,18,19). The van der Waals surface area contributed by atoms with E-state index < -0.39 is 5.60 Å². The molecule has 1 atom stereocenters. The normalized spacial score (nSPS) is 12.8. The first-order valence-electron chi connectivity index (χ1n) is 7.11. The minimum absolute atomic E-state index is 0.266. The number of carbonyl (C=O) groups excluding carboxylic acids is 1. The summed E-state index contributed by atoms with van der Waals surface area (Å²) in [5.41, 5.74) is 6.59. The van der Waals surface area contributed by atoms with Gasteiger partial charge in [-0.3, -0.25) is 0 Å². The average Bonchev–Trinajstić information content (AvgIpc) is 2.38. The molecule has 0 heterocycles. The smallest absolute Gasteiger partial charge is 0.407 e. The predicted octanol–water partition coefficient (Wildman–Crippen LogP) is 2.72. The van der Waals surface area contributed by atoms with Gasteiger partial charge < -0.3 is 15.8 Å². The number of amides is 1. The minimum Gasteiger partial charge on any atom is -0.444 e. The fraction of sp³-hybridized carbons (Fsp3) is 0.562. The Labute approximate surface area is 121 Å². The third-order valence-corrected chi connectivity index (χ3v) is 2.95. The lowest BCUT2D eigenvalue weighted by atomic mass is 9.99. The van der Waals surface area contributed by atoms with Crippen LogP contribution in [0.2, 0.25) is 0 Å². The summed E-state index contributed by atoms with van der Waals surface area (Å²) in [5.74, 6) is 0.266. The SMILES string of the molecule is CC(C)(C)OC(=O)NCC(CN)CCc1ccccc1. The maximum atomic E-state index is 11.6. The largest absolute Gasteiger partial charge is 0.444 e. The first-order valence-corrected chi connectivity index (χ1v) is 7.11. The Morgan fingerprint density at radius 1 is 1.30 bits per heavy atom. The van der Waals surface area contributed by atoms with E-state index in [2.05, 4.69) is 17.4 Å². The highest BCUT2D eigenvalue weighted by atomic mass is 16.6. The Balaban J connectivity index is 2.31. The quantitative estimate of drug-likeness (QED) is 0.841. The van der Waals surface area contributed by atoms with Crippen molar-refractivity contribution in [3.63, 3.8) is 0 Å². The van der Waals surface area contributed by atoms with Crippen LogP contribution in [-0.4, -0.2) is 24.8 Å². The molecule has 0 aliphatic carbocycles. The second kappa shape index (κ2) is 7.90. The molecule has 0 aliphatic heterocycles. The lowest BCUT2D eigenvalue weighted by molar-refractivity contribution is 0.0519. The van der Waals surface area contributed by atoms with E-state index in [1.807, 2.05) is 39.0 Å². The summed E-state index contributed by atoms with van der Waals surface area (Å²) in [4.78, 5) is 11.6. The van der Waals surface area contributed by atoms with Gasteiger partial charge in [-0.1, -0.05) is 30.3 Å². The van der Waals surface area contributed by atoms with Crippen LogP contribution in [0.4, 0.5) is 4.79 Å². The molecule has 1 rings (SSSR count). The van der Waals surface area contributed by atoms with Gasteiger partial charge in [0.25, 0.3) is 0 Å². The molecule has 112 valence electrons. The lowest BCUT2D eigenvalue weighted by Crippen LogP contribution is -2.37. The van der Waals surface area contributed by atoms with Crippen molar-refractivity contribution < 1.29 is 9.53 Å². The summed E-state index contributed by atoms with van der Waals surface area (Å²) < 4.78 is 5.20. The van der Waals surface area contributed by atoms with Crippen molar-refractivity contribution in [3.05, 3.63) is 35.9 Å². The van der Waals surface area contributed by atoms with Gasteiger partial charge in [0.05, 0.1) is 0 Å². The van der Waals surface area contributed by atoms with E-state index in [-0.39, 0.29) is 12.0 Å². The van der Waals surface area contributed by atoms with Crippen LogP contribution in [0.25, 0.3) is 0 Å². The van der Waals surface area contributed by atoms with Gasteiger partial charge in [-0.05, 0) is 51.6 Å². The molecule has 0 saturated carbocycles. The van der Waals surface area contributed by atoms with Crippen molar-refractivity contribution in [3.8, 4) is 0 Å². The average molecular weight is 278 g/mol. The van der Waals surface area contributed by atoms with Gasteiger partial charge >= 0.3 is 6.09 Å². The van der Waals surface area contributed by atoms with E-state index in [1.165, 1.54) is 5.56 Å².